The summed E-state index contributed by atoms with van der Waals surface area (Å²) in [7, 11) is 0. The number of nitrogens with zero attached hydrogens (tertiary/aromatic N) is 2. The van der Waals surface area contributed by atoms with Crippen LogP contribution in [0.2, 0.25) is 0 Å². The highest BCUT2D eigenvalue weighted by Crippen LogP contribution is 2.00. The minimum absolute atomic E-state index is 0.0482. The highest BCUT2D eigenvalue weighted by molar-refractivity contribution is 5.96. The van der Waals surface area contributed by atoms with Gasteiger partial charge in [-0.05, 0) is 0 Å². The fourth-order valence-corrected chi connectivity index (χ4v) is 0.904. The molecule has 82 valence electrons. The van der Waals surface area contributed by atoms with Gasteiger partial charge in [0.2, 0.25) is 5.91 Å². The number of aromatic amines is 1. The quantitative estimate of drug-likeness (QED) is 0.440. The van der Waals surface area contributed by atoms with Crippen molar-refractivity contribution in [3.63, 3.8) is 0 Å². The van der Waals surface area contributed by atoms with E-state index in [-0.39, 0.29) is 17.4 Å². The molecule has 0 fully saturated rings. The normalized spacial score (nSPS) is 9.67. The van der Waals surface area contributed by atoms with Gasteiger partial charge in [0.05, 0.1) is 0 Å². The minimum Gasteiger partial charge on any atom is -0.380 e. The van der Waals surface area contributed by atoms with Gasteiger partial charge in [-0.15, -0.1) is 10.2 Å². The average molecular weight is 212 g/mol. The molecular formula is C7H12N6O2. The fraction of sp³-hybridized carbons (Fsp3) is 0.429. The molecule has 0 atom stereocenters. The second kappa shape index (κ2) is 4.94. The Hall–Kier alpha value is -2.12. The number of aromatic nitrogens is 3. The Balaban J connectivity index is 2.31. The maximum Gasteiger partial charge on any atom is 0.275 e. The lowest BCUT2D eigenvalue weighted by molar-refractivity contribution is -0.118. The number of carbonyl (C=O) groups excluding carboxylic acids is 2. The van der Waals surface area contributed by atoms with Gasteiger partial charge in [0.1, 0.15) is 0 Å². The molecule has 1 rings (SSSR count). The number of rotatable bonds is 4. The van der Waals surface area contributed by atoms with Crippen molar-refractivity contribution in [1.82, 2.24) is 26.0 Å². The molecule has 0 bridgehead atoms. The van der Waals surface area contributed by atoms with E-state index in [4.69, 9.17) is 5.73 Å². The van der Waals surface area contributed by atoms with E-state index in [0.29, 0.717) is 13.1 Å². The Kier molecular flexibility index (Phi) is 3.61. The summed E-state index contributed by atoms with van der Waals surface area (Å²) < 4.78 is 0. The van der Waals surface area contributed by atoms with Crippen molar-refractivity contribution >= 4 is 17.6 Å². The first-order valence-electron chi connectivity index (χ1n) is 4.30. The molecule has 0 aliphatic heterocycles. The van der Waals surface area contributed by atoms with E-state index in [0.717, 1.165) is 0 Å². The van der Waals surface area contributed by atoms with Gasteiger partial charge in [-0.25, -0.2) is 0 Å². The molecule has 1 aromatic rings. The molecule has 0 aliphatic rings. The Bertz CT molecular complexity index is 360. The van der Waals surface area contributed by atoms with Crippen LogP contribution >= 0.6 is 0 Å². The second-order valence-electron chi connectivity index (χ2n) is 2.80. The summed E-state index contributed by atoms with van der Waals surface area (Å²) in [5.74, 6) is -0.524. The maximum atomic E-state index is 11.3. The minimum atomic E-state index is -0.424. The fourth-order valence-electron chi connectivity index (χ4n) is 0.904. The first-order valence-corrected chi connectivity index (χ1v) is 4.30. The predicted molar refractivity (Wildman–Crippen MR) is 51.8 cm³/mol. The summed E-state index contributed by atoms with van der Waals surface area (Å²) in [5.41, 5.74) is 5.41. The van der Waals surface area contributed by atoms with E-state index in [2.05, 4.69) is 26.0 Å². The Morgan fingerprint density at radius 1 is 1.33 bits per heavy atom. The molecule has 0 aliphatic carbocycles. The largest absolute Gasteiger partial charge is 0.380 e. The monoisotopic (exact) mass is 212 g/mol. The highest BCUT2D eigenvalue weighted by atomic mass is 16.2. The Labute approximate surface area is 85.6 Å². The van der Waals surface area contributed by atoms with Crippen molar-refractivity contribution < 1.29 is 9.59 Å². The van der Waals surface area contributed by atoms with Crippen molar-refractivity contribution in [2.45, 2.75) is 6.92 Å². The van der Waals surface area contributed by atoms with Crippen molar-refractivity contribution in [3.05, 3.63) is 5.69 Å². The maximum absolute atomic E-state index is 11.3. The van der Waals surface area contributed by atoms with Crippen molar-refractivity contribution in [3.8, 4) is 0 Å². The van der Waals surface area contributed by atoms with Gasteiger partial charge in [-0.3, -0.25) is 9.59 Å². The third kappa shape index (κ3) is 3.25. The summed E-state index contributed by atoms with van der Waals surface area (Å²) in [5, 5.41) is 14.4. The molecule has 0 radical (unpaired) electrons. The molecular weight excluding hydrogens is 200 g/mol. The Morgan fingerprint density at radius 3 is 2.53 bits per heavy atom. The molecule has 5 N–H and O–H groups in total. The van der Waals surface area contributed by atoms with Gasteiger partial charge in [0.15, 0.2) is 11.5 Å². The van der Waals surface area contributed by atoms with Crippen LogP contribution in [0.1, 0.15) is 17.4 Å². The van der Waals surface area contributed by atoms with Crippen LogP contribution in [-0.2, 0) is 4.79 Å². The lowest BCUT2D eigenvalue weighted by Gasteiger charge is -2.03. The van der Waals surface area contributed by atoms with E-state index in [1.165, 1.54) is 6.92 Å². The van der Waals surface area contributed by atoms with Gasteiger partial charge in [-0.1, -0.05) is 0 Å². The van der Waals surface area contributed by atoms with Crippen LogP contribution < -0.4 is 16.4 Å². The number of amides is 2. The lowest BCUT2D eigenvalue weighted by atomic mass is 10.4. The van der Waals surface area contributed by atoms with E-state index >= 15 is 0 Å². The van der Waals surface area contributed by atoms with Gasteiger partial charge < -0.3 is 16.4 Å². The van der Waals surface area contributed by atoms with E-state index in [9.17, 15) is 9.59 Å². The molecule has 0 aromatic carbocycles. The lowest BCUT2D eigenvalue weighted by Crippen LogP contribution is -2.34. The van der Waals surface area contributed by atoms with Crippen molar-refractivity contribution in [2.75, 3.05) is 18.8 Å². The van der Waals surface area contributed by atoms with Gasteiger partial charge >= 0.3 is 0 Å². The smallest absolute Gasteiger partial charge is 0.275 e. The van der Waals surface area contributed by atoms with E-state index in [1.807, 2.05) is 0 Å². The third-order valence-corrected chi connectivity index (χ3v) is 1.57. The first kappa shape index (κ1) is 11.0. The second-order valence-corrected chi connectivity index (χ2v) is 2.80. The van der Waals surface area contributed by atoms with Gasteiger partial charge in [-0.2, -0.15) is 5.21 Å². The summed E-state index contributed by atoms with van der Waals surface area (Å²) in [4.78, 5) is 21.8. The van der Waals surface area contributed by atoms with Crippen LogP contribution in [0, 0.1) is 0 Å². The van der Waals surface area contributed by atoms with Gasteiger partial charge in [0, 0.05) is 20.0 Å². The topological polar surface area (TPSA) is 126 Å². The van der Waals surface area contributed by atoms with Gasteiger partial charge in [0.25, 0.3) is 5.91 Å². The number of H-pyrrole nitrogens is 1. The summed E-state index contributed by atoms with van der Waals surface area (Å²) >= 11 is 0. The SMILES string of the molecule is CC(=O)NCCNC(=O)c1n[nH]nc1N. The first-order chi connectivity index (χ1) is 7.11. The van der Waals surface area contributed by atoms with Crippen LogP contribution in [0.15, 0.2) is 0 Å². The number of hydrogen-bond acceptors (Lipinski definition) is 5. The standard InChI is InChI=1S/C7H12N6O2/c1-4(14)9-2-3-10-7(15)5-6(8)12-13-11-5/h2-3H2,1H3,(H,9,14)(H,10,15)(H3,8,11,12,13). The molecule has 8 heteroatoms. The summed E-state index contributed by atoms with van der Waals surface area (Å²) in [6.07, 6.45) is 0. The van der Waals surface area contributed by atoms with E-state index in [1.54, 1.807) is 0 Å². The average Bonchev–Trinajstić information content (AvgIpc) is 2.58. The van der Waals surface area contributed by atoms with Crippen molar-refractivity contribution in [1.29, 1.82) is 0 Å². The van der Waals surface area contributed by atoms with Crippen LogP contribution in [0.4, 0.5) is 5.82 Å². The number of carbonyl (C=O) groups is 2. The number of nitrogen functional groups attached to an aromatic ring is 1. The zero-order chi connectivity index (χ0) is 11.3. The molecule has 1 aromatic heterocycles. The third-order valence-electron chi connectivity index (χ3n) is 1.57. The summed E-state index contributed by atoms with van der Waals surface area (Å²) in [6.45, 7) is 2.07. The molecule has 0 saturated heterocycles. The molecule has 2 amide bonds. The number of nitrogens with one attached hydrogen (secondary N) is 3. The zero-order valence-corrected chi connectivity index (χ0v) is 8.20. The Morgan fingerprint density at radius 2 is 2.00 bits per heavy atom. The number of hydrogen-bond donors (Lipinski definition) is 4. The van der Waals surface area contributed by atoms with Crippen LogP contribution in [0.25, 0.3) is 0 Å². The molecule has 8 nitrogen and oxygen atoms in total. The van der Waals surface area contributed by atoms with Crippen LogP contribution in [0.3, 0.4) is 0 Å². The summed E-state index contributed by atoms with van der Waals surface area (Å²) in [6, 6.07) is 0. The molecule has 0 spiro atoms. The molecule has 1 heterocycles. The zero-order valence-electron chi connectivity index (χ0n) is 8.20. The van der Waals surface area contributed by atoms with Crippen LogP contribution in [0.5, 0.6) is 0 Å². The number of nitrogens with two attached hydrogens (primary N) is 1. The molecule has 0 unspecified atom stereocenters. The van der Waals surface area contributed by atoms with Crippen LogP contribution in [-0.4, -0.2) is 40.3 Å². The van der Waals surface area contributed by atoms with E-state index < -0.39 is 5.91 Å². The highest BCUT2D eigenvalue weighted by Gasteiger charge is 2.12. The molecule has 0 saturated carbocycles. The predicted octanol–water partition coefficient (Wildman–Crippen LogP) is -1.75. The molecule has 15 heavy (non-hydrogen) atoms. The number of anilines is 1. The van der Waals surface area contributed by atoms with Crippen molar-refractivity contribution in [2.24, 2.45) is 0 Å².